The van der Waals surface area contributed by atoms with Crippen LogP contribution in [0.4, 0.5) is 4.79 Å². The van der Waals surface area contributed by atoms with E-state index < -0.39 is 23.9 Å². The van der Waals surface area contributed by atoms with Crippen LogP contribution in [-0.2, 0) is 14.3 Å². The molecule has 0 aliphatic heterocycles. The number of carboxylic acids is 1. The molecule has 31 heavy (non-hydrogen) atoms. The van der Waals surface area contributed by atoms with Gasteiger partial charge < -0.3 is 20.5 Å². The fourth-order valence-electron chi connectivity index (χ4n) is 3.76. The maximum atomic E-state index is 12.3. The van der Waals surface area contributed by atoms with E-state index >= 15 is 0 Å². The minimum Gasteiger partial charge on any atom is -0.481 e. The molecule has 0 bridgehead atoms. The number of rotatable bonds is 9. The second-order valence-corrected chi connectivity index (χ2v) is 7.80. The lowest BCUT2D eigenvalue weighted by molar-refractivity contribution is -0.141. The van der Waals surface area contributed by atoms with Crippen LogP contribution in [-0.4, -0.2) is 42.8 Å². The van der Waals surface area contributed by atoms with E-state index in [9.17, 15) is 14.4 Å². The second-order valence-electron chi connectivity index (χ2n) is 7.80. The molecule has 7 heteroatoms. The lowest BCUT2D eigenvalue weighted by Gasteiger charge is -2.18. The van der Waals surface area contributed by atoms with E-state index in [1.807, 2.05) is 31.2 Å². The number of nitrogens with one attached hydrogen (secondary N) is 2. The number of alkyl carbamates (subject to hydrolysis) is 1. The van der Waals surface area contributed by atoms with Crippen molar-refractivity contribution in [3.05, 3.63) is 59.7 Å². The molecule has 1 aliphatic carbocycles. The molecule has 0 aromatic heterocycles. The molecule has 0 radical (unpaired) electrons. The molecule has 3 rings (SSSR count). The van der Waals surface area contributed by atoms with Crippen LogP contribution >= 0.6 is 0 Å². The molecule has 0 spiro atoms. The van der Waals surface area contributed by atoms with Gasteiger partial charge in [-0.05, 0) is 28.7 Å². The maximum Gasteiger partial charge on any atom is 0.407 e. The Bertz CT molecular complexity index is 913. The summed E-state index contributed by atoms with van der Waals surface area (Å²) in [5.41, 5.74) is 4.58. The third-order valence-corrected chi connectivity index (χ3v) is 5.70. The van der Waals surface area contributed by atoms with E-state index in [1.54, 1.807) is 0 Å². The van der Waals surface area contributed by atoms with Crippen LogP contribution < -0.4 is 10.6 Å². The number of hydrogen-bond donors (Lipinski definition) is 3. The number of benzene rings is 2. The first kappa shape index (κ1) is 22.3. The minimum atomic E-state index is -0.967. The number of carbonyl (C=O) groups is 3. The van der Waals surface area contributed by atoms with Crippen molar-refractivity contribution in [2.45, 2.75) is 26.2 Å². The molecule has 2 aromatic carbocycles. The normalized spacial score (nSPS) is 14.1. The summed E-state index contributed by atoms with van der Waals surface area (Å²) in [6.07, 6.45) is -0.0660. The van der Waals surface area contributed by atoms with Crippen molar-refractivity contribution in [1.82, 2.24) is 10.6 Å². The summed E-state index contributed by atoms with van der Waals surface area (Å²) >= 11 is 0. The Morgan fingerprint density at radius 2 is 1.55 bits per heavy atom. The Morgan fingerprint density at radius 3 is 2.10 bits per heavy atom. The van der Waals surface area contributed by atoms with Crippen molar-refractivity contribution in [2.24, 2.45) is 11.8 Å². The van der Waals surface area contributed by atoms with Gasteiger partial charge in [-0.1, -0.05) is 62.4 Å². The summed E-state index contributed by atoms with van der Waals surface area (Å²) in [5, 5.41) is 14.2. The van der Waals surface area contributed by atoms with Crippen molar-refractivity contribution in [2.75, 3.05) is 19.7 Å². The van der Waals surface area contributed by atoms with E-state index in [4.69, 9.17) is 9.84 Å². The number of carboxylic acid groups (broad SMARTS) is 1. The zero-order chi connectivity index (χ0) is 22.4. The monoisotopic (exact) mass is 424 g/mol. The van der Waals surface area contributed by atoms with Crippen molar-refractivity contribution >= 4 is 18.0 Å². The van der Waals surface area contributed by atoms with Crippen molar-refractivity contribution in [3.8, 4) is 11.1 Å². The van der Waals surface area contributed by atoms with Gasteiger partial charge in [0.15, 0.2) is 0 Å². The zero-order valence-electron chi connectivity index (χ0n) is 17.8. The molecular formula is C24H28N2O5. The molecule has 2 unspecified atom stereocenters. The molecule has 2 aromatic rings. The third-order valence-electron chi connectivity index (χ3n) is 5.70. The minimum absolute atomic E-state index is 0.0269. The van der Waals surface area contributed by atoms with E-state index in [2.05, 4.69) is 34.9 Å². The van der Waals surface area contributed by atoms with Crippen LogP contribution in [0, 0.1) is 11.8 Å². The highest BCUT2D eigenvalue weighted by Gasteiger charge is 2.29. The first-order chi connectivity index (χ1) is 14.9. The van der Waals surface area contributed by atoms with Gasteiger partial charge >= 0.3 is 12.1 Å². The van der Waals surface area contributed by atoms with Crippen LogP contribution in [0.15, 0.2) is 48.5 Å². The number of fused-ring (bicyclic) bond motifs is 3. The zero-order valence-corrected chi connectivity index (χ0v) is 17.8. The summed E-state index contributed by atoms with van der Waals surface area (Å²) in [6.45, 7) is 3.75. The van der Waals surface area contributed by atoms with Crippen LogP contribution in [0.3, 0.4) is 0 Å². The summed E-state index contributed by atoms with van der Waals surface area (Å²) in [6, 6.07) is 16.2. The van der Waals surface area contributed by atoms with Gasteiger partial charge in [-0.15, -0.1) is 0 Å². The predicted octanol–water partition coefficient (Wildman–Crippen LogP) is 3.39. The van der Waals surface area contributed by atoms with E-state index in [1.165, 1.54) is 6.92 Å². The van der Waals surface area contributed by atoms with Gasteiger partial charge in [0.1, 0.15) is 6.61 Å². The van der Waals surface area contributed by atoms with Crippen molar-refractivity contribution in [1.29, 1.82) is 0 Å². The smallest absolute Gasteiger partial charge is 0.407 e. The molecule has 0 saturated carbocycles. The topological polar surface area (TPSA) is 105 Å². The number of amides is 2. The van der Waals surface area contributed by atoms with Crippen LogP contribution in [0.1, 0.15) is 37.3 Å². The van der Waals surface area contributed by atoms with Gasteiger partial charge in [0.2, 0.25) is 5.91 Å². The van der Waals surface area contributed by atoms with Crippen molar-refractivity contribution < 1.29 is 24.2 Å². The quantitative estimate of drug-likeness (QED) is 0.572. The highest BCUT2D eigenvalue weighted by atomic mass is 16.5. The van der Waals surface area contributed by atoms with E-state index in [-0.39, 0.29) is 31.5 Å². The summed E-state index contributed by atoms with van der Waals surface area (Å²) in [7, 11) is 0. The van der Waals surface area contributed by atoms with E-state index in [0.29, 0.717) is 6.42 Å². The summed E-state index contributed by atoms with van der Waals surface area (Å²) in [4.78, 5) is 35.4. The average molecular weight is 424 g/mol. The largest absolute Gasteiger partial charge is 0.481 e. The first-order valence-electron chi connectivity index (χ1n) is 10.5. The number of aliphatic carboxylic acids is 1. The Kier molecular flexibility index (Phi) is 7.28. The molecule has 0 heterocycles. The van der Waals surface area contributed by atoms with Gasteiger partial charge in [-0.3, -0.25) is 9.59 Å². The average Bonchev–Trinajstić information content (AvgIpc) is 3.10. The fourth-order valence-corrected chi connectivity index (χ4v) is 3.76. The molecule has 7 nitrogen and oxygen atoms in total. The van der Waals surface area contributed by atoms with Gasteiger partial charge in [0.25, 0.3) is 0 Å². The van der Waals surface area contributed by atoms with E-state index in [0.717, 1.165) is 22.3 Å². The van der Waals surface area contributed by atoms with Crippen LogP contribution in [0.25, 0.3) is 11.1 Å². The van der Waals surface area contributed by atoms with Gasteiger partial charge in [-0.2, -0.15) is 0 Å². The highest BCUT2D eigenvalue weighted by Crippen LogP contribution is 2.44. The predicted molar refractivity (Wildman–Crippen MR) is 117 cm³/mol. The van der Waals surface area contributed by atoms with Crippen LogP contribution in [0.2, 0.25) is 0 Å². The van der Waals surface area contributed by atoms with Crippen molar-refractivity contribution in [3.63, 3.8) is 0 Å². The number of hydrogen-bond acceptors (Lipinski definition) is 4. The molecule has 0 saturated heterocycles. The summed E-state index contributed by atoms with van der Waals surface area (Å²) in [5.74, 6) is -2.40. The summed E-state index contributed by atoms with van der Waals surface area (Å²) < 4.78 is 5.48. The second kappa shape index (κ2) is 10.1. The Balaban J connectivity index is 1.52. The third kappa shape index (κ3) is 5.23. The molecular weight excluding hydrogens is 396 g/mol. The standard InChI is InChI=1S/C24H28N2O5/c1-3-16(22(27)25-12-15(2)23(28)29)13-26-24(30)31-14-21-19-10-6-4-8-17(19)18-9-5-7-11-20(18)21/h4-11,15-16,21H,3,12-14H2,1-2H3,(H,25,27)(H,26,30)(H,28,29). The number of carbonyl (C=O) groups excluding carboxylic acids is 2. The van der Waals surface area contributed by atoms with Crippen LogP contribution in [0.5, 0.6) is 0 Å². The maximum absolute atomic E-state index is 12.3. The Labute approximate surface area is 181 Å². The van der Waals surface area contributed by atoms with Gasteiger partial charge in [-0.25, -0.2) is 4.79 Å². The first-order valence-corrected chi connectivity index (χ1v) is 10.5. The molecule has 2 amide bonds. The lowest BCUT2D eigenvalue weighted by Crippen LogP contribution is -2.41. The van der Waals surface area contributed by atoms with Gasteiger partial charge in [0.05, 0.1) is 11.8 Å². The highest BCUT2D eigenvalue weighted by molar-refractivity contribution is 5.81. The SMILES string of the molecule is CCC(CNC(=O)OCC1c2ccccc2-c2ccccc21)C(=O)NCC(C)C(=O)O. The molecule has 2 atom stereocenters. The lowest BCUT2D eigenvalue weighted by atomic mass is 9.98. The molecule has 0 fully saturated rings. The fraction of sp³-hybridized carbons (Fsp3) is 0.375. The number of ether oxygens (including phenoxy) is 1. The Hall–Kier alpha value is -3.35. The molecule has 3 N–H and O–H groups in total. The van der Waals surface area contributed by atoms with Gasteiger partial charge in [0, 0.05) is 19.0 Å². The molecule has 1 aliphatic rings. The Morgan fingerprint density at radius 1 is 0.968 bits per heavy atom. The molecule has 164 valence electrons.